The first-order valence-corrected chi connectivity index (χ1v) is 5.91. The molecule has 7 heteroatoms. The molecule has 0 bridgehead atoms. The fourth-order valence-corrected chi connectivity index (χ4v) is 1.59. The summed E-state index contributed by atoms with van der Waals surface area (Å²) in [6.07, 6.45) is 1.45. The van der Waals surface area contributed by atoms with Crippen molar-refractivity contribution in [2.24, 2.45) is 0 Å². The van der Waals surface area contributed by atoms with Crippen LogP contribution in [0.4, 0.5) is 0 Å². The lowest BCUT2D eigenvalue weighted by molar-refractivity contribution is -0.121. The smallest absolute Gasteiger partial charge is 0.360 e. The van der Waals surface area contributed by atoms with E-state index in [-0.39, 0.29) is 18.1 Å². The van der Waals surface area contributed by atoms with Crippen LogP contribution in [0.15, 0.2) is 0 Å². The van der Waals surface area contributed by atoms with E-state index in [9.17, 15) is 9.59 Å². The molecular weight excluding hydrogens is 236 g/mol. The molecule has 1 amide bonds. The molecule has 100 valence electrons. The number of rotatable bonds is 6. The van der Waals surface area contributed by atoms with Crippen LogP contribution in [0.2, 0.25) is 0 Å². The van der Waals surface area contributed by atoms with E-state index in [2.05, 4.69) is 20.4 Å². The number of aromatic nitrogens is 3. The average molecular weight is 254 g/mol. The van der Waals surface area contributed by atoms with Crippen molar-refractivity contribution in [1.82, 2.24) is 20.3 Å². The van der Waals surface area contributed by atoms with E-state index in [1.807, 2.05) is 13.8 Å². The number of nitrogens with one attached hydrogen (secondary N) is 1. The predicted molar refractivity (Wildman–Crippen MR) is 64.0 cm³/mol. The highest BCUT2D eigenvalue weighted by atomic mass is 16.5. The molecule has 1 rings (SSSR count). The molecule has 0 spiro atoms. The van der Waals surface area contributed by atoms with Crippen LogP contribution in [0, 0.1) is 0 Å². The minimum absolute atomic E-state index is 0.0627. The van der Waals surface area contributed by atoms with Gasteiger partial charge in [0.1, 0.15) is 6.54 Å². The number of carbonyl (C=O) groups is 2. The Kier molecular flexibility index (Phi) is 5.29. The van der Waals surface area contributed by atoms with Gasteiger partial charge in [-0.2, -0.15) is 0 Å². The van der Waals surface area contributed by atoms with Gasteiger partial charge in [0.05, 0.1) is 12.8 Å². The molecule has 0 aliphatic heterocycles. The number of amides is 1. The Morgan fingerprint density at radius 1 is 1.39 bits per heavy atom. The molecule has 0 aliphatic rings. The fourth-order valence-electron chi connectivity index (χ4n) is 1.59. The van der Waals surface area contributed by atoms with Gasteiger partial charge in [-0.1, -0.05) is 18.6 Å². The molecule has 0 unspecified atom stereocenters. The molecule has 0 aromatic carbocycles. The van der Waals surface area contributed by atoms with Crippen LogP contribution in [0.1, 0.15) is 36.5 Å². The topological polar surface area (TPSA) is 86.1 Å². The average Bonchev–Trinajstić information content (AvgIpc) is 2.72. The van der Waals surface area contributed by atoms with Crippen molar-refractivity contribution in [2.45, 2.75) is 33.2 Å². The molecular formula is C11H18N4O3. The summed E-state index contributed by atoms with van der Waals surface area (Å²) >= 11 is 0. The van der Waals surface area contributed by atoms with Crippen molar-refractivity contribution >= 4 is 11.9 Å². The zero-order chi connectivity index (χ0) is 13.5. The maximum absolute atomic E-state index is 11.5. The summed E-state index contributed by atoms with van der Waals surface area (Å²) in [4.78, 5) is 23.0. The summed E-state index contributed by atoms with van der Waals surface area (Å²) in [7, 11) is 1.29. The second-order valence-corrected chi connectivity index (χ2v) is 3.74. The van der Waals surface area contributed by atoms with Gasteiger partial charge in [-0.3, -0.25) is 4.79 Å². The van der Waals surface area contributed by atoms with Gasteiger partial charge in [0.15, 0.2) is 5.69 Å². The van der Waals surface area contributed by atoms with E-state index in [4.69, 9.17) is 0 Å². The molecule has 0 saturated carbocycles. The van der Waals surface area contributed by atoms with Gasteiger partial charge >= 0.3 is 5.97 Å². The standard InChI is InChI=1S/C11H18N4O3/c1-4-6-8-10(11(17)18-3)13-14-15(8)7-9(16)12-5-2/h4-7H2,1-3H3,(H,12,16). The van der Waals surface area contributed by atoms with Gasteiger partial charge in [0.25, 0.3) is 0 Å². The Balaban J connectivity index is 2.94. The van der Waals surface area contributed by atoms with E-state index in [1.165, 1.54) is 11.8 Å². The van der Waals surface area contributed by atoms with Crippen molar-refractivity contribution < 1.29 is 14.3 Å². The third-order valence-corrected chi connectivity index (χ3v) is 2.37. The molecule has 0 fully saturated rings. The molecule has 0 atom stereocenters. The first-order valence-electron chi connectivity index (χ1n) is 5.91. The number of ether oxygens (including phenoxy) is 1. The second kappa shape index (κ2) is 6.73. The molecule has 0 aliphatic carbocycles. The third-order valence-electron chi connectivity index (χ3n) is 2.37. The van der Waals surface area contributed by atoms with Gasteiger partial charge in [-0.15, -0.1) is 5.10 Å². The zero-order valence-electron chi connectivity index (χ0n) is 10.9. The van der Waals surface area contributed by atoms with Crippen molar-refractivity contribution in [1.29, 1.82) is 0 Å². The first kappa shape index (κ1) is 14.1. The van der Waals surface area contributed by atoms with Gasteiger partial charge in [0, 0.05) is 6.54 Å². The highest BCUT2D eigenvalue weighted by Gasteiger charge is 2.20. The third kappa shape index (κ3) is 3.28. The summed E-state index contributed by atoms with van der Waals surface area (Å²) in [5.41, 5.74) is 0.819. The quantitative estimate of drug-likeness (QED) is 0.730. The Morgan fingerprint density at radius 3 is 2.67 bits per heavy atom. The highest BCUT2D eigenvalue weighted by molar-refractivity contribution is 5.88. The molecule has 0 saturated heterocycles. The second-order valence-electron chi connectivity index (χ2n) is 3.74. The molecule has 7 nitrogen and oxygen atoms in total. The monoisotopic (exact) mass is 254 g/mol. The Morgan fingerprint density at radius 2 is 2.11 bits per heavy atom. The largest absolute Gasteiger partial charge is 0.464 e. The number of likely N-dealkylation sites (N-methyl/N-ethyl adjacent to an activating group) is 1. The fraction of sp³-hybridized carbons (Fsp3) is 0.636. The van der Waals surface area contributed by atoms with Crippen LogP contribution in [-0.2, 0) is 22.5 Å². The molecule has 0 radical (unpaired) electrons. The molecule has 1 heterocycles. The summed E-state index contributed by atoms with van der Waals surface area (Å²) in [5, 5.41) is 10.3. The van der Waals surface area contributed by atoms with Crippen molar-refractivity contribution in [3.05, 3.63) is 11.4 Å². The van der Waals surface area contributed by atoms with Gasteiger partial charge in [0.2, 0.25) is 5.91 Å². The lowest BCUT2D eigenvalue weighted by Gasteiger charge is -2.06. The highest BCUT2D eigenvalue weighted by Crippen LogP contribution is 2.09. The lowest BCUT2D eigenvalue weighted by Crippen LogP contribution is -2.28. The van der Waals surface area contributed by atoms with E-state index in [0.29, 0.717) is 18.7 Å². The molecule has 18 heavy (non-hydrogen) atoms. The first-order chi connectivity index (χ1) is 8.63. The van der Waals surface area contributed by atoms with Crippen LogP contribution in [0.5, 0.6) is 0 Å². The van der Waals surface area contributed by atoms with Crippen molar-refractivity contribution in [3.63, 3.8) is 0 Å². The minimum Gasteiger partial charge on any atom is -0.464 e. The normalized spacial score (nSPS) is 10.2. The summed E-state index contributed by atoms with van der Waals surface area (Å²) in [6, 6.07) is 0. The number of carbonyl (C=O) groups excluding carboxylic acids is 2. The maximum atomic E-state index is 11.5. The van der Waals surface area contributed by atoms with E-state index >= 15 is 0 Å². The Labute approximate surface area is 105 Å². The summed E-state index contributed by atoms with van der Waals surface area (Å²) < 4.78 is 6.08. The van der Waals surface area contributed by atoms with E-state index in [1.54, 1.807) is 0 Å². The van der Waals surface area contributed by atoms with E-state index in [0.717, 1.165) is 6.42 Å². The lowest BCUT2D eigenvalue weighted by atomic mass is 10.2. The predicted octanol–water partition coefficient (Wildman–Crippen LogP) is 0.153. The maximum Gasteiger partial charge on any atom is 0.360 e. The van der Waals surface area contributed by atoms with Crippen molar-refractivity contribution in [2.75, 3.05) is 13.7 Å². The van der Waals surface area contributed by atoms with Crippen molar-refractivity contribution in [3.8, 4) is 0 Å². The Hall–Kier alpha value is -1.92. The zero-order valence-corrected chi connectivity index (χ0v) is 10.9. The van der Waals surface area contributed by atoms with Crippen LogP contribution in [0.3, 0.4) is 0 Å². The van der Waals surface area contributed by atoms with Crippen LogP contribution in [0.25, 0.3) is 0 Å². The number of hydrogen-bond donors (Lipinski definition) is 1. The SMILES string of the molecule is CCCc1c(C(=O)OC)nnn1CC(=O)NCC. The summed E-state index contributed by atoms with van der Waals surface area (Å²) in [5.74, 6) is -0.684. The van der Waals surface area contributed by atoms with Crippen LogP contribution < -0.4 is 5.32 Å². The minimum atomic E-state index is -0.527. The summed E-state index contributed by atoms with van der Waals surface area (Å²) in [6.45, 7) is 4.43. The van der Waals surface area contributed by atoms with Gasteiger partial charge in [-0.25, -0.2) is 9.48 Å². The number of nitrogens with zero attached hydrogens (tertiary/aromatic N) is 3. The number of hydrogen-bond acceptors (Lipinski definition) is 5. The van der Waals surface area contributed by atoms with Crippen LogP contribution in [-0.4, -0.2) is 40.5 Å². The van der Waals surface area contributed by atoms with Crippen LogP contribution >= 0.6 is 0 Å². The molecule has 1 aromatic rings. The van der Waals surface area contributed by atoms with E-state index < -0.39 is 5.97 Å². The number of methoxy groups -OCH3 is 1. The number of esters is 1. The Bertz CT molecular complexity index is 428. The molecule has 1 N–H and O–H groups in total. The molecule has 1 aromatic heterocycles. The van der Waals surface area contributed by atoms with Gasteiger partial charge < -0.3 is 10.1 Å². The van der Waals surface area contributed by atoms with Gasteiger partial charge in [-0.05, 0) is 13.3 Å².